The van der Waals surface area contributed by atoms with Crippen molar-refractivity contribution in [2.45, 2.75) is 25.1 Å². The van der Waals surface area contributed by atoms with E-state index in [1.54, 1.807) is 11.9 Å². The first-order valence-electron chi connectivity index (χ1n) is 7.49. The van der Waals surface area contributed by atoms with E-state index in [1.807, 2.05) is 42.5 Å². The van der Waals surface area contributed by atoms with Gasteiger partial charge in [-0.1, -0.05) is 48.0 Å². The molecule has 2 amide bonds. The largest absolute Gasteiger partial charge is 0.463 e. The van der Waals surface area contributed by atoms with Crippen molar-refractivity contribution in [3.63, 3.8) is 0 Å². The number of urea groups is 1. The Morgan fingerprint density at radius 3 is 2.77 bits per heavy atom. The van der Waals surface area contributed by atoms with Gasteiger partial charge in [-0.25, -0.2) is 4.79 Å². The average molecular weight is 294 g/mol. The SMILES string of the molecule is Cc1ccc2c(c1)C1CC(c3ccccc3)(O2)N(C)C(=O)N1. The predicted molar refractivity (Wildman–Crippen MR) is 83.6 cm³/mol. The summed E-state index contributed by atoms with van der Waals surface area (Å²) >= 11 is 0. The number of hydrogen-bond donors (Lipinski definition) is 1. The molecule has 2 atom stereocenters. The number of hydrogen-bond acceptors (Lipinski definition) is 2. The third kappa shape index (κ3) is 1.73. The lowest BCUT2D eigenvalue weighted by molar-refractivity contribution is -0.0935. The van der Waals surface area contributed by atoms with Crippen molar-refractivity contribution < 1.29 is 9.53 Å². The highest BCUT2D eigenvalue weighted by Gasteiger charge is 2.51. The van der Waals surface area contributed by atoms with Crippen molar-refractivity contribution in [3.05, 3.63) is 65.2 Å². The maximum atomic E-state index is 12.4. The van der Waals surface area contributed by atoms with Gasteiger partial charge in [-0.3, -0.25) is 4.90 Å². The molecule has 22 heavy (non-hydrogen) atoms. The average Bonchev–Trinajstić information content (AvgIpc) is 2.54. The molecule has 0 spiro atoms. The van der Waals surface area contributed by atoms with Crippen LogP contribution >= 0.6 is 0 Å². The van der Waals surface area contributed by atoms with Crippen LogP contribution in [0, 0.1) is 6.92 Å². The van der Waals surface area contributed by atoms with E-state index in [-0.39, 0.29) is 12.1 Å². The molecule has 1 N–H and O–H groups in total. The second kappa shape index (κ2) is 4.50. The number of nitrogens with zero attached hydrogens (tertiary/aromatic N) is 1. The molecule has 1 fully saturated rings. The number of aryl methyl sites for hydroxylation is 1. The summed E-state index contributed by atoms with van der Waals surface area (Å²) in [5, 5.41) is 3.08. The molecule has 0 aromatic heterocycles. The molecule has 4 nitrogen and oxygen atoms in total. The van der Waals surface area contributed by atoms with E-state index >= 15 is 0 Å². The zero-order chi connectivity index (χ0) is 15.3. The van der Waals surface area contributed by atoms with Crippen molar-refractivity contribution in [2.75, 3.05) is 7.05 Å². The monoisotopic (exact) mass is 294 g/mol. The first-order valence-corrected chi connectivity index (χ1v) is 7.49. The van der Waals surface area contributed by atoms with E-state index in [2.05, 4.69) is 18.3 Å². The molecule has 0 saturated carbocycles. The van der Waals surface area contributed by atoms with Crippen LogP contribution in [-0.2, 0) is 5.72 Å². The quantitative estimate of drug-likeness (QED) is 0.876. The van der Waals surface area contributed by atoms with Crippen LogP contribution in [0.5, 0.6) is 5.75 Å². The topological polar surface area (TPSA) is 41.6 Å². The Morgan fingerprint density at radius 2 is 2.00 bits per heavy atom. The van der Waals surface area contributed by atoms with Gasteiger partial charge in [0.15, 0.2) is 0 Å². The molecule has 0 aliphatic carbocycles. The summed E-state index contributed by atoms with van der Waals surface area (Å²) in [5.74, 6) is 0.845. The molecule has 2 aromatic carbocycles. The molecule has 1 saturated heterocycles. The molecular formula is C18H18N2O2. The highest BCUT2D eigenvalue weighted by molar-refractivity contribution is 5.77. The van der Waals surface area contributed by atoms with Gasteiger partial charge in [-0.05, 0) is 13.0 Å². The number of carbonyl (C=O) groups excluding carboxylic acids is 1. The number of nitrogens with one attached hydrogen (secondary N) is 1. The van der Waals surface area contributed by atoms with Crippen LogP contribution in [-0.4, -0.2) is 18.0 Å². The molecule has 0 radical (unpaired) electrons. The lowest BCUT2D eigenvalue weighted by atomic mass is 9.85. The summed E-state index contributed by atoms with van der Waals surface area (Å²) in [6.45, 7) is 2.05. The molecule has 2 aliphatic rings. The van der Waals surface area contributed by atoms with Gasteiger partial charge in [0.05, 0.1) is 6.04 Å². The van der Waals surface area contributed by atoms with E-state index in [9.17, 15) is 4.79 Å². The third-order valence-electron chi connectivity index (χ3n) is 4.67. The highest BCUT2D eigenvalue weighted by atomic mass is 16.5. The van der Waals surface area contributed by atoms with Gasteiger partial charge < -0.3 is 10.1 Å². The van der Waals surface area contributed by atoms with Crippen LogP contribution in [0.25, 0.3) is 0 Å². The summed E-state index contributed by atoms with van der Waals surface area (Å²) in [7, 11) is 1.79. The van der Waals surface area contributed by atoms with Gasteiger partial charge in [0.2, 0.25) is 5.72 Å². The number of ether oxygens (including phenoxy) is 1. The molecule has 2 aliphatic heterocycles. The van der Waals surface area contributed by atoms with Gasteiger partial charge in [0, 0.05) is 24.6 Å². The lowest BCUT2D eigenvalue weighted by Gasteiger charge is -2.51. The maximum Gasteiger partial charge on any atom is 0.320 e. The number of fused-ring (bicyclic) bond motifs is 4. The van der Waals surface area contributed by atoms with Crippen LogP contribution in [0.1, 0.15) is 29.2 Å². The summed E-state index contributed by atoms with van der Waals surface area (Å²) in [6.07, 6.45) is 0.704. The van der Waals surface area contributed by atoms with Crippen LogP contribution in [0.2, 0.25) is 0 Å². The van der Waals surface area contributed by atoms with Crippen molar-refractivity contribution in [2.24, 2.45) is 0 Å². The summed E-state index contributed by atoms with van der Waals surface area (Å²) in [5.41, 5.74) is 2.50. The Labute approximate surface area is 129 Å². The minimum absolute atomic E-state index is 0.0208. The standard InChI is InChI=1S/C18H18N2O2/c1-12-8-9-16-14(10-12)15-11-18(22-16,20(2)17(21)19-15)13-6-4-3-5-7-13/h3-10,15H,11H2,1-2H3,(H,19,21). The van der Waals surface area contributed by atoms with E-state index in [0.717, 1.165) is 16.9 Å². The molecule has 2 unspecified atom stereocenters. The highest BCUT2D eigenvalue weighted by Crippen LogP contribution is 2.48. The lowest BCUT2D eigenvalue weighted by Crippen LogP contribution is -2.62. The number of rotatable bonds is 1. The van der Waals surface area contributed by atoms with Crippen LogP contribution < -0.4 is 10.1 Å². The first kappa shape index (κ1) is 13.2. The Morgan fingerprint density at radius 1 is 1.23 bits per heavy atom. The number of amides is 2. The van der Waals surface area contributed by atoms with Crippen molar-refractivity contribution in [3.8, 4) is 5.75 Å². The molecule has 4 heteroatoms. The van der Waals surface area contributed by atoms with E-state index in [4.69, 9.17) is 4.74 Å². The maximum absolute atomic E-state index is 12.4. The van der Waals surface area contributed by atoms with Gasteiger partial charge >= 0.3 is 6.03 Å². The van der Waals surface area contributed by atoms with Crippen LogP contribution in [0.3, 0.4) is 0 Å². The predicted octanol–water partition coefficient (Wildman–Crippen LogP) is 3.33. The van der Waals surface area contributed by atoms with Crippen molar-refractivity contribution in [1.82, 2.24) is 10.2 Å². The second-order valence-electron chi connectivity index (χ2n) is 6.06. The minimum Gasteiger partial charge on any atom is -0.463 e. The Bertz CT molecular complexity index is 744. The molecule has 4 rings (SSSR count). The summed E-state index contributed by atoms with van der Waals surface area (Å²) in [4.78, 5) is 14.1. The minimum atomic E-state index is -0.740. The van der Waals surface area contributed by atoms with Crippen molar-refractivity contribution in [1.29, 1.82) is 0 Å². The van der Waals surface area contributed by atoms with Crippen LogP contribution in [0.15, 0.2) is 48.5 Å². The van der Waals surface area contributed by atoms with Gasteiger partial charge in [0.25, 0.3) is 0 Å². The summed E-state index contributed by atoms with van der Waals surface area (Å²) < 4.78 is 6.38. The Balaban J connectivity index is 1.90. The molecule has 2 bridgehead atoms. The Kier molecular flexibility index (Phi) is 2.70. The zero-order valence-corrected chi connectivity index (χ0v) is 12.7. The van der Waals surface area contributed by atoms with E-state index < -0.39 is 5.72 Å². The fourth-order valence-corrected chi connectivity index (χ4v) is 3.46. The normalized spacial score (nSPS) is 26.0. The third-order valence-corrected chi connectivity index (χ3v) is 4.67. The van der Waals surface area contributed by atoms with Gasteiger partial charge in [-0.2, -0.15) is 0 Å². The number of benzene rings is 2. The first-order chi connectivity index (χ1) is 10.6. The second-order valence-corrected chi connectivity index (χ2v) is 6.06. The molecule has 2 aromatic rings. The van der Waals surface area contributed by atoms with E-state index in [1.165, 1.54) is 5.56 Å². The van der Waals surface area contributed by atoms with Crippen molar-refractivity contribution >= 4 is 6.03 Å². The fourth-order valence-electron chi connectivity index (χ4n) is 3.46. The number of carbonyl (C=O) groups is 1. The summed E-state index contributed by atoms with van der Waals surface area (Å²) in [6, 6.07) is 16.0. The van der Waals surface area contributed by atoms with Crippen LogP contribution in [0.4, 0.5) is 4.79 Å². The smallest absolute Gasteiger partial charge is 0.320 e. The molecular weight excluding hydrogens is 276 g/mol. The molecule has 2 heterocycles. The van der Waals surface area contributed by atoms with E-state index in [0.29, 0.717) is 6.42 Å². The zero-order valence-electron chi connectivity index (χ0n) is 12.7. The molecule has 112 valence electrons. The Hall–Kier alpha value is -2.49. The van der Waals surface area contributed by atoms with Gasteiger partial charge in [0.1, 0.15) is 5.75 Å². The fraction of sp³-hybridized carbons (Fsp3) is 0.278. The van der Waals surface area contributed by atoms with Gasteiger partial charge in [-0.15, -0.1) is 0 Å².